The topological polar surface area (TPSA) is 46.2 Å². The summed E-state index contributed by atoms with van der Waals surface area (Å²) >= 11 is 0. The van der Waals surface area contributed by atoms with Crippen LogP contribution in [0.5, 0.6) is 0 Å². The van der Waals surface area contributed by atoms with Crippen LogP contribution in [-0.2, 0) is 10.0 Å². The molecule has 2 aromatic carbocycles. The zero-order valence-corrected chi connectivity index (χ0v) is 12.7. The second-order valence-electron chi connectivity index (χ2n) is 5.07. The third kappa shape index (κ3) is 3.46. The smallest absolute Gasteiger partial charge is 0.207 e. The van der Waals surface area contributed by atoms with Crippen LogP contribution in [0, 0.1) is 13.8 Å². The largest absolute Gasteiger partial charge is 0.241 e. The predicted octanol–water partition coefficient (Wildman–Crippen LogP) is 3.34. The average Bonchev–Trinajstić information content (AvgIpc) is 2.39. The number of hydrogen-bond donors (Lipinski definition) is 1. The van der Waals surface area contributed by atoms with E-state index in [9.17, 15) is 8.42 Å². The molecule has 20 heavy (non-hydrogen) atoms. The van der Waals surface area contributed by atoms with Gasteiger partial charge in [-0.2, -0.15) is 0 Å². The van der Waals surface area contributed by atoms with Crippen LogP contribution in [0.2, 0.25) is 0 Å². The van der Waals surface area contributed by atoms with Gasteiger partial charge in [0.05, 0.1) is 4.90 Å². The van der Waals surface area contributed by atoms with Crippen LogP contribution in [0.4, 0.5) is 0 Å². The Morgan fingerprint density at radius 3 is 1.80 bits per heavy atom. The minimum absolute atomic E-state index is 0.262. The molecule has 0 heterocycles. The van der Waals surface area contributed by atoms with Gasteiger partial charge in [0.25, 0.3) is 0 Å². The Hall–Kier alpha value is -1.65. The van der Waals surface area contributed by atoms with Crippen molar-refractivity contribution >= 4 is 10.0 Å². The third-order valence-electron chi connectivity index (χ3n) is 3.24. The lowest BCUT2D eigenvalue weighted by molar-refractivity contribution is 0.567. The van der Waals surface area contributed by atoms with E-state index < -0.39 is 10.0 Å². The maximum absolute atomic E-state index is 12.3. The van der Waals surface area contributed by atoms with Crippen LogP contribution >= 0.6 is 0 Å². The number of sulfonamides is 1. The Balaban J connectivity index is 2.19. The SMILES string of the molecule is Cc1ccc(C(C)NS(=O)(=O)c2ccc(C)cc2)cc1. The molecule has 1 N–H and O–H groups in total. The molecule has 2 aromatic rings. The fraction of sp³-hybridized carbons (Fsp3) is 0.250. The van der Waals surface area contributed by atoms with E-state index in [0.29, 0.717) is 4.90 Å². The number of benzene rings is 2. The molecule has 106 valence electrons. The fourth-order valence-electron chi connectivity index (χ4n) is 1.94. The summed E-state index contributed by atoms with van der Waals surface area (Å²) in [7, 11) is -3.48. The van der Waals surface area contributed by atoms with Crippen molar-refractivity contribution in [3.05, 3.63) is 65.2 Å². The van der Waals surface area contributed by atoms with E-state index in [-0.39, 0.29) is 6.04 Å². The molecule has 0 aliphatic rings. The Kier molecular flexibility index (Phi) is 4.26. The quantitative estimate of drug-likeness (QED) is 0.938. The van der Waals surface area contributed by atoms with Crippen LogP contribution in [0.1, 0.15) is 29.7 Å². The van der Waals surface area contributed by atoms with Crippen molar-refractivity contribution in [1.82, 2.24) is 4.72 Å². The minimum Gasteiger partial charge on any atom is -0.207 e. The summed E-state index contributed by atoms with van der Waals surface area (Å²) in [4.78, 5) is 0.294. The molecule has 0 bridgehead atoms. The molecular formula is C16H19NO2S. The maximum Gasteiger partial charge on any atom is 0.241 e. The lowest BCUT2D eigenvalue weighted by Gasteiger charge is -2.15. The van der Waals surface area contributed by atoms with Crippen molar-refractivity contribution in [1.29, 1.82) is 0 Å². The number of rotatable bonds is 4. The normalized spacial score (nSPS) is 13.2. The Morgan fingerprint density at radius 1 is 0.850 bits per heavy atom. The Morgan fingerprint density at radius 2 is 1.30 bits per heavy atom. The molecule has 0 fully saturated rings. The van der Waals surface area contributed by atoms with Gasteiger partial charge in [-0.3, -0.25) is 0 Å². The van der Waals surface area contributed by atoms with Crippen LogP contribution in [0.25, 0.3) is 0 Å². The first-order valence-corrected chi connectivity index (χ1v) is 8.02. The first-order chi connectivity index (χ1) is 9.38. The molecule has 0 spiro atoms. The second-order valence-corrected chi connectivity index (χ2v) is 6.78. The van der Waals surface area contributed by atoms with Crippen molar-refractivity contribution in [2.24, 2.45) is 0 Å². The van der Waals surface area contributed by atoms with Gasteiger partial charge in [-0.15, -0.1) is 0 Å². The van der Waals surface area contributed by atoms with Gasteiger partial charge in [-0.1, -0.05) is 47.5 Å². The molecule has 0 saturated heterocycles. The summed E-state index contributed by atoms with van der Waals surface area (Å²) in [5.74, 6) is 0. The lowest BCUT2D eigenvalue weighted by atomic mass is 10.1. The van der Waals surface area contributed by atoms with E-state index in [2.05, 4.69) is 4.72 Å². The van der Waals surface area contributed by atoms with Crippen LogP contribution in [0.15, 0.2) is 53.4 Å². The standard InChI is InChI=1S/C16H19NO2S/c1-12-4-8-15(9-5-12)14(3)17-20(18,19)16-10-6-13(2)7-11-16/h4-11,14,17H,1-3H3. The van der Waals surface area contributed by atoms with Gasteiger partial charge in [0, 0.05) is 6.04 Å². The minimum atomic E-state index is -3.48. The van der Waals surface area contributed by atoms with Gasteiger partial charge in [-0.05, 0) is 38.5 Å². The van der Waals surface area contributed by atoms with Gasteiger partial charge >= 0.3 is 0 Å². The van der Waals surface area contributed by atoms with Crippen molar-refractivity contribution < 1.29 is 8.42 Å². The monoisotopic (exact) mass is 289 g/mol. The Bertz CT molecular complexity index is 673. The molecule has 0 aromatic heterocycles. The molecular weight excluding hydrogens is 270 g/mol. The second kappa shape index (κ2) is 5.77. The summed E-state index contributed by atoms with van der Waals surface area (Å²) in [6, 6.07) is 14.4. The zero-order valence-electron chi connectivity index (χ0n) is 11.9. The lowest BCUT2D eigenvalue weighted by Crippen LogP contribution is -2.26. The summed E-state index contributed by atoms with van der Waals surface area (Å²) in [6.45, 7) is 5.78. The highest BCUT2D eigenvalue weighted by Crippen LogP contribution is 2.17. The summed E-state index contributed by atoms with van der Waals surface area (Å²) < 4.78 is 27.3. The average molecular weight is 289 g/mol. The highest BCUT2D eigenvalue weighted by Gasteiger charge is 2.17. The number of hydrogen-bond acceptors (Lipinski definition) is 2. The molecule has 1 unspecified atom stereocenters. The van der Waals surface area contributed by atoms with Gasteiger partial charge in [0.15, 0.2) is 0 Å². The molecule has 0 radical (unpaired) electrons. The summed E-state index contributed by atoms with van der Waals surface area (Å²) in [5.41, 5.74) is 3.14. The van der Waals surface area contributed by atoms with Crippen LogP contribution in [0.3, 0.4) is 0 Å². The van der Waals surface area contributed by atoms with E-state index in [1.54, 1.807) is 24.3 Å². The van der Waals surface area contributed by atoms with Crippen LogP contribution < -0.4 is 4.72 Å². The van der Waals surface area contributed by atoms with Crippen molar-refractivity contribution in [3.63, 3.8) is 0 Å². The number of aryl methyl sites for hydroxylation is 2. The van der Waals surface area contributed by atoms with Crippen LogP contribution in [-0.4, -0.2) is 8.42 Å². The summed E-state index contributed by atoms with van der Waals surface area (Å²) in [5, 5.41) is 0. The fourth-order valence-corrected chi connectivity index (χ4v) is 3.17. The van der Waals surface area contributed by atoms with E-state index in [0.717, 1.165) is 16.7 Å². The predicted molar refractivity (Wildman–Crippen MR) is 81.1 cm³/mol. The van der Waals surface area contributed by atoms with Crippen molar-refractivity contribution in [2.75, 3.05) is 0 Å². The molecule has 0 aliphatic carbocycles. The molecule has 2 rings (SSSR count). The molecule has 1 atom stereocenters. The maximum atomic E-state index is 12.3. The molecule has 3 nitrogen and oxygen atoms in total. The summed E-state index contributed by atoms with van der Waals surface area (Å²) in [6.07, 6.45) is 0. The number of nitrogens with one attached hydrogen (secondary N) is 1. The van der Waals surface area contributed by atoms with E-state index in [4.69, 9.17) is 0 Å². The van der Waals surface area contributed by atoms with E-state index in [1.807, 2.05) is 45.0 Å². The van der Waals surface area contributed by atoms with Crippen molar-refractivity contribution in [3.8, 4) is 0 Å². The van der Waals surface area contributed by atoms with Gasteiger partial charge in [-0.25, -0.2) is 13.1 Å². The first-order valence-electron chi connectivity index (χ1n) is 6.54. The molecule has 4 heteroatoms. The molecule has 0 amide bonds. The highest BCUT2D eigenvalue weighted by atomic mass is 32.2. The van der Waals surface area contributed by atoms with E-state index >= 15 is 0 Å². The third-order valence-corrected chi connectivity index (χ3v) is 4.80. The highest BCUT2D eigenvalue weighted by molar-refractivity contribution is 7.89. The van der Waals surface area contributed by atoms with Gasteiger partial charge in [0.1, 0.15) is 0 Å². The molecule has 0 saturated carbocycles. The van der Waals surface area contributed by atoms with Gasteiger partial charge in [0.2, 0.25) is 10.0 Å². The first kappa shape index (κ1) is 14.8. The van der Waals surface area contributed by atoms with E-state index in [1.165, 1.54) is 0 Å². The zero-order chi connectivity index (χ0) is 14.8. The Labute approximate surface area is 120 Å². The van der Waals surface area contributed by atoms with Gasteiger partial charge < -0.3 is 0 Å². The van der Waals surface area contributed by atoms with Crippen molar-refractivity contribution in [2.45, 2.75) is 31.7 Å². The molecule has 0 aliphatic heterocycles.